The fraction of sp³-hybridized carbons (Fsp3) is 0.400. The maximum absolute atomic E-state index is 12.1. The zero-order valence-electron chi connectivity index (χ0n) is 20.6. The molecule has 1 aliphatic carbocycles. The van der Waals surface area contributed by atoms with Crippen LogP contribution in [0.5, 0.6) is 5.75 Å². The average molecular weight is 491 g/mol. The third-order valence-electron chi connectivity index (χ3n) is 6.96. The van der Waals surface area contributed by atoms with Gasteiger partial charge in [-0.3, -0.25) is 4.79 Å². The number of aryl methyl sites for hydroxylation is 1. The van der Waals surface area contributed by atoms with E-state index in [1.54, 1.807) is 0 Å². The maximum atomic E-state index is 12.1. The predicted molar refractivity (Wildman–Crippen MR) is 136 cm³/mol. The van der Waals surface area contributed by atoms with Crippen LogP contribution < -0.4 is 4.74 Å². The van der Waals surface area contributed by atoms with Gasteiger partial charge in [-0.1, -0.05) is 55.3 Å². The Morgan fingerprint density at radius 1 is 1.00 bits per heavy atom. The molecule has 36 heavy (non-hydrogen) atoms. The predicted octanol–water partition coefficient (Wildman–Crippen LogP) is 6.35. The molecule has 6 nitrogen and oxygen atoms in total. The average Bonchev–Trinajstić information content (AvgIpc) is 3.44. The number of allylic oxidation sites excluding steroid dienone is 1. The molecule has 0 amide bonds. The second-order valence-corrected chi connectivity index (χ2v) is 9.60. The van der Waals surface area contributed by atoms with E-state index in [1.807, 2.05) is 48.5 Å². The Bertz CT molecular complexity index is 1080. The molecule has 0 bridgehead atoms. The van der Waals surface area contributed by atoms with Gasteiger partial charge in [0, 0.05) is 12.8 Å². The van der Waals surface area contributed by atoms with E-state index in [1.165, 1.54) is 12.3 Å². The lowest BCUT2D eigenvalue weighted by Gasteiger charge is -2.40. The van der Waals surface area contributed by atoms with Gasteiger partial charge in [-0.25, -0.2) is 4.79 Å². The summed E-state index contributed by atoms with van der Waals surface area (Å²) in [6.07, 6.45) is 12.2. The van der Waals surface area contributed by atoms with Crippen LogP contribution in [-0.4, -0.2) is 22.6 Å². The highest BCUT2D eigenvalue weighted by atomic mass is 16.6. The number of carbonyl (C=O) groups is 2. The first-order valence-corrected chi connectivity index (χ1v) is 12.8. The van der Waals surface area contributed by atoms with Gasteiger partial charge in [-0.15, -0.1) is 0 Å². The molecule has 6 heteroatoms. The van der Waals surface area contributed by atoms with Crippen molar-refractivity contribution in [3.63, 3.8) is 0 Å². The van der Waals surface area contributed by atoms with Crippen molar-refractivity contribution in [3.8, 4) is 5.75 Å². The van der Waals surface area contributed by atoms with Crippen LogP contribution in [0.3, 0.4) is 0 Å². The van der Waals surface area contributed by atoms with E-state index in [9.17, 15) is 14.7 Å². The van der Waals surface area contributed by atoms with Crippen molar-refractivity contribution in [3.05, 3.63) is 89.9 Å². The molecule has 2 aromatic rings. The molecule has 3 aliphatic rings. The van der Waals surface area contributed by atoms with Crippen molar-refractivity contribution < 1.29 is 28.9 Å². The van der Waals surface area contributed by atoms with E-state index in [0.717, 1.165) is 55.4 Å². The first-order valence-electron chi connectivity index (χ1n) is 12.8. The van der Waals surface area contributed by atoms with E-state index < -0.39 is 11.6 Å². The van der Waals surface area contributed by atoms with Crippen LogP contribution in [0.4, 0.5) is 0 Å². The summed E-state index contributed by atoms with van der Waals surface area (Å²) in [4.78, 5) is 22.2. The van der Waals surface area contributed by atoms with E-state index >= 15 is 0 Å². The number of aliphatic hydroxyl groups excluding tert-OH is 1. The summed E-state index contributed by atoms with van der Waals surface area (Å²) in [6, 6.07) is 18.2. The summed E-state index contributed by atoms with van der Waals surface area (Å²) in [7, 11) is 0. The minimum Gasteiger partial charge on any atom is -0.512 e. The lowest BCUT2D eigenvalue weighted by Crippen LogP contribution is -2.44. The Balaban J connectivity index is 0.000000375. The van der Waals surface area contributed by atoms with Crippen LogP contribution in [-0.2, 0) is 32.1 Å². The molecule has 0 aromatic heterocycles. The van der Waals surface area contributed by atoms with Gasteiger partial charge in [0.25, 0.3) is 0 Å². The first kappa shape index (κ1) is 25.5. The zero-order chi connectivity index (χ0) is 25.2. The number of esters is 2. The highest BCUT2D eigenvalue weighted by Gasteiger charge is 2.45. The Morgan fingerprint density at radius 2 is 1.78 bits per heavy atom. The number of carbonyl (C=O) groups excluding carboxylic acids is 2. The smallest absolute Gasteiger partial charge is 0.334 e. The Labute approximate surface area is 212 Å². The van der Waals surface area contributed by atoms with Gasteiger partial charge in [0.05, 0.1) is 12.3 Å². The van der Waals surface area contributed by atoms with Crippen LogP contribution in [0.15, 0.2) is 78.8 Å². The van der Waals surface area contributed by atoms with Crippen LogP contribution in [0.1, 0.15) is 62.5 Å². The highest BCUT2D eigenvalue weighted by Crippen LogP contribution is 2.44. The summed E-state index contributed by atoms with van der Waals surface area (Å²) in [6.45, 7) is 0.534. The maximum Gasteiger partial charge on any atom is 0.334 e. The molecule has 0 spiro atoms. The van der Waals surface area contributed by atoms with Gasteiger partial charge >= 0.3 is 11.9 Å². The summed E-state index contributed by atoms with van der Waals surface area (Å²) in [5.41, 5.74) is 1.69. The fourth-order valence-corrected chi connectivity index (χ4v) is 5.12. The zero-order valence-corrected chi connectivity index (χ0v) is 20.6. The lowest BCUT2D eigenvalue weighted by molar-refractivity contribution is -0.165. The number of benzene rings is 2. The molecular weight excluding hydrogens is 456 g/mol. The van der Waals surface area contributed by atoms with Crippen molar-refractivity contribution >= 4 is 11.9 Å². The Hall–Kier alpha value is -3.54. The molecule has 2 aromatic carbocycles. The van der Waals surface area contributed by atoms with Gasteiger partial charge in [0.15, 0.2) is 0 Å². The van der Waals surface area contributed by atoms with Crippen molar-refractivity contribution in [1.29, 1.82) is 0 Å². The molecular formula is C30H34O6. The number of ether oxygens (including phenoxy) is 3. The van der Waals surface area contributed by atoms with Gasteiger partial charge in [0.2, 0.25) is 0 Å². The number of cyclic esters (lactones) is 2. The number of rotatable bonds is 7. The van der Waals surface area contributed by atoms with Crippen molar-refractivity contribution in [1.82, 2.24) is 0 Å². The molecule has 5 rings (SSSR count). The molecule has 0 radical (unpaired) electrons. The Morgan fingerprint density at radius 3 is 2.44 bits per heavy atom. The van der Waals surface area contributed by atoms with E-state index in [0.29, 0.717) is 31.8 Å². The van der Waals surface area contributed by atoms with Crippen molar-refractivity contribution in [2.75, 3.05) is 0 Å². The van der Waals surface area contributed by atoms with Gasteiger partial charge < -0.3 is 19.3 Å². The standard InChI is InChI=1S/C25H28O4.C5H6O2/c26-22-16-24(27)29-25(17-22,21-10-4-5-11-21)14-13-19-9-6-12-23(15-19)28-18-20-7-2-1-3-8-20;6-5-3-1-2-4-7-5/h1-3,6-9,12,15-16,21,26H,4-5,10-11,13-14,17-18H2;2,4H,1,3H2. The first-order chi connectivity index (χ1) is 17.5. The Kier molecular flexibility index (Phi) is 8.82. The highest BCUT2D eigenvalue weighted by molar-refractivity contribution is 5.83. The minimum absolute atomic E-state index is 0.123. The molecule has 1 saturated carbocycles. The van der Waals surface area contributed by atoms with Crippen molar-refractivity contribution in [2.45, 2.75) is 70.0 Å². The quantitative estimate of drug-likeness (QED) is 0.455. The molecule has 1 fully saturated rings. The largest absolute Gasteiger partial charge is 0.512 e. The SMILES string of the molecule is O=C1C=C(O)CC(CCc2cccc(OCc3ccccc3)c2)(C2CCCC2)O1.O=C1CCC=CO1. The fourth-order valence-electron chi connectivity index (χ4n) is 5.12. The second kappa shape index (κ2) is 12.4. The molecule has 1 atom stereocenters. The minimum atomic E-state index is -0.590. The van der Waals surface area contributed by atoms with E-state index in [-0.39, 0.29) is 11.7 Å². The molecule has 2 heterocycles. The van der Waals surface area contributed by atoms with Gasteiger partial charge in [-0.2, -0.15) is 0 Å². The summed E-state index contributed by atoms with van der Waals surface area (Å²) < 4.78 is 16.3. The monoisotopic (exact) mass is 490 g/mol. The van der Waals surface area contributed by atoms with Gasteiger partial charge in [-0.05, 0) is 67.4 Å². The number of aliphatic hydroxyl groups is 1. The number of hydrogen-bond donors (Lipinski definition) is 1. The van der Waals surface area contributed by atoms with Gasteiger partial charge in [0.1, 0.15) is 23.7 Å². The topological polar surface area (TPSA) is 82.1 Å². The molecule has 0 saturated heterocycles. The lowest BCUT2D eigenvalue weighted by atomic mass is 9.77. The van der Waals surface area contributed by atoms with E-state index in [4.69, 9.17) is 9.47 Å². The summed E-state index contributed by atoms with van der Waals surface area (Å²) in [5.74, 6) is 0.764. The summed E-state index contributed by atoms with van der Waals surface area (Å²) >= 11 is 0. The number of hydrogen-bond acceptors (Lipinski definition) is 6. The third-order valence-corrected chi connectivity index (χ3v) is 6.96. The summed E-state index contributed by atoms with van der Waals surface area (Å²) in [5, 5.41) is 10.1. The molecule has 1 N–H and O–H groups in total. The van der Waals surface area contributed by atoms with Crippen LogP contribution in [0.25, 0.3) is 0 Å². The molecule has 190 valence electrons. The van der Waals surface area contributed by atoms with Crippen molar-refractivity contribution in [2.24, 2.45) is 5.92 Å². The normalized spacial score (nSPS) is 21.6. The van der Waals surface area contributed by atoms with Crippen LogP contribution >= 0.6 is 0 Å². The van der Waals surface area contributed by atoms with Crippen LogP contribution in [0, 0.1) is 5.92 Å². The molecule has 2 aliphatic heterocycles. The van der Waals surface area contributed by atoms with E-state index in [2.05, 4.69) is 16.9 Å². The van der Waals surface area contributed by atoms with Crippen LogP contribution in [0.2, 0.25) is 0 Å². The third kappa shape index (κ3) is 7.23. The molecule has 1 unspecified atom stereocenters. The second-order valence-electron chi connectivity index (χ2n) is 9.60.